The largest absolute Gasteiger partial charge is 0.293 e. The molecule has 0 saturated carbocycles. The fourth-order valence-corrected chi connectivity index (χ4v) is 28.2. The lowest BCUT2D eigenvalue weighted by Crippen LogP contribution is -2.28. The Morgan fingerprint density at radius 2 is 0.461 bits per heavy atom. The van der Waals surface area contributed by atoms with Crippen LogP contribution in [-0.4, -0.2) is 43.3 Å². The molecule has 634 valence electrons. The second kappa shape index (κ2) is 55.3. The van der Waals surface area contributed by atoms with E-state index in [0.717, 1.165) is 87.1 Å². The van der Waals surface area contributed by atoms with Crippen molar-refractivity contribution in [2.45, 2.75) is 402 Å². The maximum absolute atomic E-state index is 14.2. The monoisotopic (exact) mass is 1760 g/mol. The minimum atomic E-state index is 0.0922. The van der Waals surface area contributed by atoms with Crippen molar-refractivity contribution in [2.75, 3.05) is 13.1 Å². The van der Waals surface area contributed by atoms with Crippen molar-refractivity contribution in [3.8, 4) is 58.5 Å². The van der Waals surface area contributed by atoms with Gasteiger partial charge < -0.3 is 0 Å². The van der Waals surface area contributed by atoms with Crippen molar-refractivity contribution >= 4 is 160 Å². The summed E-state index contributed by atoms with van der Waals surface area (Å²) in [4.78, 5) is 53.4. The summed E-state index contributed by atoms with van der Waals surface area (Å²) in [5.74, 6) is 0.184. The van der Waals surface area contributed by atoms with E-state index in [2.05, 4.69) is 173 Å². The Labute approximate surface area is 747 Å². The number of nitrogens with zero attached hydrogens (tertiary/aromatic N) is 2. The highest BCUT2D eigenvalue weighted by molar-refractivity contribution is 8.27. The summed E-state index contributed by atoms with van der Waals surface area (Å²) in [6.45, 7) is 20.0. The summed E-state index contributed by atoms with van der Waals surface area (Å²) in [5.41, 5.74) is 9.02. The molecule has 0 N–H and O–H groups in total. The summed E-state index contributed by atoms with van der Waals surface area (Å²) >= 11 is 29.1. The number of hydrogen-bond donors (Lipinski definition) is 0. The molecule has 7 aromatic rings. The third-order valence-corrected chi connectivity index (χ3v) is 35.3. The van der Waals surface area contributed by atoms with E-state index < -0.39 is 0 Å². The summed E-state index contributed by atoms with van der Waals surface area (Å²) in [6, 6.07) is 20.5. The minimum Gasteiger partial charge on any atom is -0.293 e. The van der Waals surface area contributed by atoms with E-state index in [1.807, 2.05) is 32.5 Å². The van der Waals surface area contributed by atoms with E-state index in [4.69, 9.17) is 24.4 Å². The lowest BCUT2D eigenvalue weighted by molar-refractivity contribution is -0.123. The molecule has 0 radical (unpaired) electrons. The highest BCUT2D eigenvalue weighted by atomic mass is 32.2. The highest BCUT2D eigenvalue weighted by Gasteiger charge is 2.34. The standard InChI is InChI=1S/C100H146N2O2S11/c1-9-17-25-33-41-49-57-75-67-81(73-89-97(103)101(99(105)114-89)65-55-47-39-31-23-15-7)107-93(75)85-71-79(61-53-45-37-29-21-13-5)95(112-85)87-69-77(59-51-43-35-27-19-11-3)91(110-87)83-63-64-84(109-83)92-78(60-52-44-36-28-20-12-4)70-88(111-92)96-80(62-54-46-38-30-22-14-6)72-86(113-96)94-76(58-50-42-34-26-18-10-2)68-82(108-94)74-90-98(104)102(100(106)115-90)66-56-48-40-32-24-16-8/h63-64,67-74H,9-62,65-66H2,1-8H3. The van der Waals surface area contributed by atoms with Gasteiger partial charge in [-0.1, -0.05) is 360 Å². The molecule has 2 aliphatic heterocycles. The zero-order valence-corrected chi connectivity index (χ0v) is 81.6. The van der Waals surface area contributed by atoms with E-state index in [9.17, 15) is 9.59 Å². The lowest BCUT2D eigenvalue weighted by Gasteiger charge is -2.13. The molecule has 9 rings (SSSR count). The number of thiocarbonyl (C=S) groups is 2. The normalized spacial score (nSPS) is 14.1. The molecule has 7 aromatic heterocycles. The predicted molar refractivity (Wildman–Crippen MR) is 533 cm³/mol. The van der Waals surface area contributed by atoms with Crippen LogP contribution >= 0.6 is 127 Å². The van der Waals surface area contributed by atoms with Crippen molar-refractivity contribution in [1.29, 1.82) is 0 Å². The summed E-state index contributed by atoms with van der Waals surface area (Å²) < 4.78 is 1.43. The Kier molecular flexibility index (Phi) is 46.2. The Morgan fingerprint density at radius 1 is 0.252 bits per heavy atom. The average Bonchev–Trinajstić information content (AvgIpc) is 1.63. The van der Waals surface area contributed by atoms with Gasteiger partial charge in [0.25, 0.3) is 11.8 Å². The Morgan fingerprint density at radius 3 is 0.713 bits per heavy atom. The zero-order chi connectivity index (χ0) is 81.2. The number of amides is 2. The molecule has 2 aliphatic rings. The van der Waals surface area contributed by atoms with Crippen molar-refractivity contribution in [3.63, 3.8) is 0 Å². The molecule has 2 amide bonds. The van der Waals surface area contributed by atoms with Crippen molar-refractivity contribution in [2.24, 2.45) is 0 Å². The third-order valence-electron chi connectivity index (χ3n) is 23.4. The van der Waals surface area contributed by atoms with Gasteiger partial charge in [0.15, 0.2) is 0 Å². The molecule has 9 heterocycles. The minimum absolute atomic E-state index is 0.0922. The van der Waals surface area contributed by atoms with Gasteiger partial charge in [0.05, 0.1) is 9.81 Å². The third kappa shape index (κ3) is 31.2. The van der Waals surface area contributed by atoms with E-state index in [0.29, 0.717) is 8.64 Å². The van der Waals surface area contributed by atoms with Crippen LogP contribution < -0.4 is 0 Å². The maximum atomic E-state index is 14.2. The van der Waals surface area contributed by atoms with Crippen LogP contribution in [0.15, 0.2) is 58.3 Å². The molecule has 15 heteroatoms. The van der Waals surface area contributed by atoms with Crippen LogP contribution in [-0.2, 0) is 48.1 Å². The van der Waals surface area contributed by atoms with Gasteiger partial charge >= 0.3 is 0 Å². The summed E-state index contributed by atoms with van der Waals surface area (Å²) in [5, 5.41) is 0. The highest BCUT2D eigenvalue weighted by Crippen LogP contribution is 2.53. The summed E-state index contributed by atoms with van der Waals surface area (Å²) in [7, 11) is 0. The van der Waals surface area contributed by atoms with Gasteiger partial charge in [-0.15, -0.1) is 79.4 Å². The quantitative estimate of drug-likeness (QED) is 0.0215. The molecule has 0 aromatic carbocycles. The molecule has 4 nitrogen and oxygen atoms in total. The Balaban J connectivity index is 1.10. The van der Waals surface area contributed by atoms with Crippen molar-refractivity contribution < 1.29 is 9.59 Å². The van der Waals surface area contributed by atoms with Gasteiger partial charge in [-0.2, -0.15) is 0 Å². The van der Waals surface area contributed by atoms with E-state index in [1.165, 1.54) is 408 Å². The SMILES string of the molecule is CCCCCCCCc1cc(C=C2SC(=S)N(CCCCCCCC)C2=O)sc1-c1cc(CCCCCCCC)c(-c2cc(CCCCCCCC)c(-c3ccc(-c4sc(-c5sc(-c6sc(C=C7SC(=S)N(CCCCCCCC)C7=O)cc6CCCCCCCC)cc5CCCCCCCC)cc4CCCCCCCC)s3)s2)s1. The van der Waals surface area contributed by atoms with Gasteiger partial charge in [-0.3, -0.25) is 19.4 Å². The van der Waals surface area contributed by atoms with Crippen molar-refractivity contribution in [3.05, 3.63) is 101 Å². The Bertz CT molecular complexity index is 3780. The number of hydrogen-bond acceptors (Lipinski definition) is 13. The van der Waals surface area contributed by atoms with Gasteiger partial charge in [0.2, 0.25) is 0 Å². The molecule has 0 bridgehead atoms. The first-order valence-electron chi connectivity index (χ1n) is 46.8. The van der Waals surface area contributed by atoms with Gasteiger partial charge in [-0.25, -0.2) is 0 Å². The number of unbranched alkanes of at least 4 members (excludes halogenated alkanes) is 40. The fourth-order valence-electron chi connectivity index (χ4n) is 16.5. The topological polar surface area (TPSA) is 40.6 Å². The predicted octanol–water partition coefficient (Wildman–Crippen LogP) is 36.7. The van der Waals surface area contributed by atoms with Crippen LogP contribution in [0.5, 0.6) is 0 Å². The smallest absolute Gasteiger partial charge is 0.266 e. The second-order valence-corrected chi connectivity index (χ2v) is 44.2. The van der Waals surface area contributed by atoms with E-state index in [1.54, 1.807) is 0 Å². The van der Waals surface area contributed by atoms with Gasteiger partial charge in [0.1, 0.15) is 8.64 Å². The van der Waals surface area contributed by atoms with E-state index in [-0.39, 0.29) is 11.8 Å². The van der Waals surface area contributed by atoms with Crippen LogP contribution in [0.2, 0.25) is 0 Å². The second-order valence-electron chi connectivity index (χ2n) is 33.3. The molecule has 2 saturated heterocycles. The number of thioether (sulfide) groups is 2. The molecular weight excluding hydrogens is 1610 g/mol. The number of thiophene rings is 7. The first-order chi connectivity index (χ1) is 56.4. The molecule has 0 aliphatic carbocycles. The lowest BCUT2D eigenvalue weighted by atomic mass is 10.0. The van der Waals surface area contributed by atoms with Gasteiger partial charge in [-0.05, 0) is 184 Å². The molecule has 2 fully saturated rings. The first-order valence-corrected chi connectivity index (χ1v) is 55.0. The number of carbonyl (C=O) groups is 2. The zero-order valence-electron chi connectivity index (χ0n) is 72.6. The van der Waals surface area contributed by atoms with Gasteiger partial charge in [0, 0.05) is 81.4 Å². The van der Waals surface area contributed by atoms with E-state index >= 15 is 0 Å². The molecular formula is C100H146N2O2S11. The summed E-state index contributed by atoms with van der Waals surface area (Å²) in [6.07, 6.45) is 71.5. The molecule has 0 atom stereocenters. The maximum Gasteiger partial charge on any atom is 0.266 e. The number of aryl methyl sites for hydroxylation is 6. The number of carbonyl (C=O) groups excluding carboxylic acids is 2. The molecule has 0 unspecified atom stereocenters. The number of rotatable bonds is 64. The molecule has 115 heavy (non-hydrogen) atoms. The average molecular weight is 1760 g/mol. The first kappa shape index (κ1) is 96.0. The van der Waals surface area contributed by atoms with Crippen LogP contribution in [0.1, 0.15) is 407 Å². The van der Waals surface area contributed by atoms with Crippen LogP contribution in [0.3, 0.4) is 0 Å². The van der Waals surface area contributed by atoms with Crippen LogP contribution in [0.25, 0.3) is 70.7 Å². The van der Waals surface area contributed by atoms with Crippen molar-refractivity contribution in [1.82, 2.24) is 9.80 Å². The van der Waals surface area contributed by atoms with Crippen LogP contribution in [0, 0.1) is 0 Å². The molecule has 0 spiro atoms. The van der Waals surface area contributed by atoms with Crippen LogP contribution in [0.4, 0.5) is 0 Å². The fraction of sp³-hybridized carbons (Fsp3) is 0.640. The Hall–Kier alpha value is -2.80.